The molecule has 3 nitrogen and oxygen atoms in total. The molecule has 2 heterocycles. The Morgan fingerprint density at radius 2 is 2.21 bits per heavy atom. The minimum atomic E-state index is -4.09. The Hall–Kier alpha value is -1.01. The Balaban J connectivity index is 1.65. The molecule has 0 aromatic carbocycles. The van der Waals surface area contributed by atoms with Crippen molar-refractivity contribution in [3.63, 3.8) is 0 Å². The van der Waals surface area contributed by atoms with E-state index < -0.39 is 12.7 Å². The number of furan rings is 1. The van der Waals surface area contributed by atoms with E-state index in [9.17, 15) is 13.2 Å². The van der Waals surface area contributed by atoms with Crippen molar-refractivity contribution in [3.8, 4) is 0 Å². The third-order valence-electron chi connectivity index (χ3n) is 3.30. The first-order valence-corrected chi connectivity index (χ1v) is 6.47. The Labute approximate surface area is 110 Å². The lowest BCUT2D eigenvalue weighted by atomic mass is 10.1. The van der Waals surface area contributed by atoms with Gasteiger partial charge in [0.25, 0.3) is 0 Å². The number of nitrogens with zero attached hydrogens (tertiary/aromatic N) is 1. The molecule has 1 N–H and O–H groups in total. The van der Waals surface area contributed by atoms with Crippen LogP contribution in [0.15, 0.2) is 16.5 Å². The minimum absolute atomic E-state index is 0.290. The normalized spacial score (nSPS) is 21.2. The summed E-state index contributed by atoms with van der Waals surface area (Å²) >= 11 is 0. The van der Waals surface area contributed by atoms with E-state index in [0.717, 1.165) is 24.5 Å². The topological polar surface area (TPSA) is 28.4 Å². The summed E-state index contributed by atoms with van der Waals surface area (Å²) in [5.41, 5.74) is 0. The standard InChI is InChI=1S/C13H19F3N2O/c1-10-2-3-12(19-10)7-17-6-11-4-5-18(8-11)9-13(14,15)16/h2-3,11,17H,4-9H2,1H3. The quantitative estimate of drug-likeness (QED) is 0.896. The number of likely N-dealkylation sites (tertiary alicyclic amines) is 1. The zero-order valence-electron chi connectivity index (χ0n) is 11.0. The van der Waals surface area contributed by atoms with Crippen LogP contribution in [-0.2, 0) is 6.54 Å². The maximum atomic E-state index is 12.2. The van der Waals surface area contributed by atoms with Gasteiger partial charge in [0.05, 0.1) is 13.1 Å². The summed E-state index contributed by atoms with van der Waals surface area (Å²) in [4.78, 5) is 1.48. The summed E-state index contributed by atoms with van der Waals surface area (Å²) in [7, 11) is 0. The Morgan fingerprint density at radius 3 is 2.84 bits per heavy atom. The highest BCUT2D eigenvalue weighted by molar-refractivity contribution is 5.05. The number of hydrogen-bond donors (Lipinski definition) is 1. The monoisotopic (exact) mass is 276 g/mol. The smallest absolute Gasteiger partial charge is 0.401 e. The molecule has 1 aromatic rings. The molecule has 0 aliphatic carbocycles. The van der Waals surface area contributed by atoms with E-state index >= 15 is 0 Å². The number of rotatable bonds is 5. The SMILES string of the molecule is Cc1ccc(CNCC2CCN(CC(F)(F)F)C2)o1. The fraction of sp³-hybridized carbons (Fsp3) is 0.692. The molecule has 1 aliphatic rings. The largest absolute Gasteiger partial charge is 0.465 e. The number of nitrogens with one attached hydrogen (secondary N) is 1. The highest BCUT2D eigenvalue weighted by Crippen LogP contribution is 2.22. The average Bonchev–Trinajstić information content (AvgIpc) is 2.86. The average molecular weight is 276 g/mol. The molecule has 6 heteroatoms. The predicted octanol–water partition coefficient (Wildman–Crippen LogP) is 2.56. The van der Waals surface area contributed by atoms with Gasteiger partial charge in [0.2, 0.25) is 0 Å². The van der Waals surface area contributed by atoms with Crippen LogP contribution >= 0.6 is 0 Å². The second kappa shape index (κ2) is 5.96. The molecule has 0 amide bonds. The first kappa shape index (κ1) is 14.4. The van der Waals surface area contributed by atoms with Crippen molar-refractivity contribution in [1.29, 1.82) is 0 Å². The number of alkyl halides is 3. The maximum Gasteiger partial charge on any atom is 0.401 e. The van der Waals surface area contributed by atoms with Crippen LogP contribution in [0.2, 0.25) is 0 Å². The highest BCUT2D eigenvalue weighted by Gasteiger charge is 2.34. The second-order valence-electron chi connectivity index (χ2n) is 5.15. The molecule has 1 saturated heterocycles. The molecule has 1 aliphatic heterocycles. The lowest BCUT2D eigenvalue weighted by Crippen LogP contribution is -2.33. The van der Waals surface area contributed by atoms with Gasteiger partial charge in [-0.25, -0.2) is 0 Å². The summed E-state index contributed by atoms with van der Waals surface area (Å²) in [6, 6.07) is 3.81. The molecule has 0 radical (unpaired) electrons. The van der Waals surface area contributed by atoms with Crippen LogP contribution in [0.5, 0.6) is 0 Å². The van der Waals surface area contributed by atoms with E-state index in [1.807, 2.05) is 19.1 Å². The molecule has 1 aromatic heterocycles. The van der Waals surface area contributed by atoms with Gasteiger partial charge in [-0.3, -0.25) is 4.90 Å². The number of hydrogen-bond acceptors (Lipinski definition) is 3. The molecule has 1 unspecified atom stereocenters. The van der Waals surface area contributed by atoms with E-state index in [1.54, 1.807) is 0 Å². The summed E-state index contributed by atoms with van der Waals surface area (Å²) in [6.07, 6.45) is -3.27. The van der Waals surface area contributed by atoms with Crippen molar-refractivity contribution >= 4 is 0 Å². The minimum Gasteiger partial charge on any atom is -0.465 e. The third-order valence-corrected chi connectivity index (χ3v) is 3.30. The molecule has 0 saturated carbocycles. The summed E-state index contributed by atoms with van der Waals surface area (Å²) < 4.78 is 42.1. The van der Waals surface area contributed by atoms with Crippen molar-refractivity contribution in [1.82, 2.24) is 10.2 Å². The van der Waals surface area contributed by atoms with E-state index in [4.69, 9.17) is 4.42 Å². The molecule has 19 heavy (non-hydrogen) atoms. The van der Waals surface area contributed by atoms with E-state index in [0.29, 0.717) is 25.6 Å². The lowest BCUT2D eigenvalue weighted by Gasteiger charge is -2.17. The second-order valence-corrected chi connectivity index (χ2v) is 5.15. The van der Waals surface area contributed by atoms with E-state index in [-0.39, 0.29) is 0 Å². The first-order chi connectivity index (χ1) is 8.92. The van der Waals surface area contributed by atoms with Crippen molar-refractivity contribution < 1.29 is 17.6 Å². The van der Waals surface area contributed by atoms with Crippen molar-refractivity contribution in [2.24, 2.45) is 5.92 Å². The van der Waals surface area contributed by atoms with Gasteiger partial charge in [0.1, 0.15) is 11.5 Å². The van der Waals surface area contributed by atoms with Gasteiger partial charge < -0.3 is 9.73 Å². The van der Waals surface area contributed by atoms with Crippen LogP contribution in [0.3, 0.4) is 0 Å². The van der Waals surface area contributed by atoms with Gasteiger partial charge >= 0.3 is 6.18 Å². The zero-order chi connectivity index (χ0) is 13.9. The molecule has 2 rings (SSSR count). The summed E-state index contributed by atoms with van der Waals surface area (Å²) in [5.74, 6) is 2.02. The summed E-state index contributed by atoms with van der Waals surface area (Å²) in [5, 5.41) is 3.24. The van der Waals surface area contributed by atoms with Gasteiger partial charge in [-0.15, -0.1) is 0 Å². The predicted molar refractivity (Wildman–Crippen MR) is 65.8 cm³/mol. The zero-order valence-corrected chi connectivity index (χ0v) is 11.0. The third kappa shape index (κ3) is 4.87. The van der Waals surface area contributed by atoms with E-state index in [2.05, 4.69) is 5.32 Å². The van der Waals surface area contributed by atoms with Crippen LogP contribution in [0.4, 0.5) is 13.2 Å². The van der Waals surface area contributed by atoms with Crippen molar-refractivity contribution in [2.45, 2.75) is 26.1 Å². The van der Waals surface area contributed by atoms with Gasteiger partial charge in [0.15, 0.2) is 0 Å². The van der Waals surface area contributed by atoms with Crippen molar-refractivity contribution in [3.05, 3.63) is 23.7 Å². The van der Waals surface area contributed by atoms with Crippen LogP contribution < -0.4 is 5.32 Å². The molecule has 0 bridgehead atoms. The first-order valence-electron chi connectivity index (χ1n) is 6.47. The molecule has 0 spiro atoms. The fourth-order valence-electron chi connectivity index (χ4n) is 2.46. The highest BCUT2D eigenvalue weighted by atomic mass is 19.4. The van der Waals surface area contributed by atoms with E-state index in [1.165, 1.54) is 4.90 Å². The van der Waals surface area contributed by atoms with Crippen LogP contribution in [0.25, 0.3) is 0 Å². The van der Waals surface area contributed by atoms with Gasteiger partial charge in [-0.2, -0.15) is 13.2 Å². The van der Waals surface area contributed by atoms with Crippen LogP contribution in [-0.4, -0.2) is 37.3 Å². The lowest BCUT2D eigenvalue weighted by molar-refractivity contribution is -0.143. The Morgan fingerprint density at radius 1 is 1.42 bits per heavy atom. The van der Waals surface area contributed by atoms with Crippen LogP contribution in [0, 0.1) is 12.8 Å². The van der Waals surface area contributed by atoms with Crippen LogP contribution in [0.1, 0.15) is 17.9 Å². The molecule has 108 valence electrons. The summed E-state index contributed by atoms with van der Waals surface area (Å²) in [6.45, 7) is 3.50. The molecular weight excluding hydrogens is 257 g/mol. The van der Waals surface area contributed by atoms with Gasteiger partial charge in [-0.1, -0.05) is 0 Å². The van der Waals surface area contributed by atoms with Gasteiger partial charge in [-0.05, 0) is 44.5 Å². The Bertz CT molecular complexity index is 403. The number of halogens is 3. The molecule has 1 fully saturated rings. The molecular formula is C13H19F3N2O. The molecule has 1 atom stereocenters. The number of aryl methyl sites for hydroxylation is 1. The van der Waals surface area contributed by atoms with Gasteiger partial charge in [0, 0.05) is 6.54 Å². The Kier molecular flexibility index (Phi) is 4.52. The van der Waals surface area contributed by atoms with Crippen molar-refractivity contribution in [2.75, 3.05) is 26.2 Å². The maximum absolute atomic E-state index is 12.2. The fourth-order valence-corrected chi connectivity index (χ4v) is 2.46.